The van der Waals surface area contributed by atoms with Crippen LogP contribution >= 0.6 is 22.9 Å². The van der Waals surface area contributed by atoms with E-state index in [0.717, 1.165) is 17.4 Å². The molecule has 0 saturated heterocycles. The number of aromatic amines is 1. The summed E-state index contributed by atoms with van der Waals surface area (Å²) in [5.74, 6) is -0.297. The summed E-state index contributed by atoms with van der Waals surface area (Å²) in [5, 5.41) is 6.32. The lowest BCUT2D eigenvalue weighted by atomic mass is 10.2. The van der Waals surface area contributed by atoms with Crippen molar-refractivity contribution in [1.29, 1.82) is 0 Å². The summed E-state index contributed by atoms with van der Waals surface area (Å²) >= 11 is 6.61. The molecule has 0 radical (unpaired) electrons. The first kappa shape index (κ1) is 14.9. The third kappa shape index (κ3) is 2.96. The van der Waals surface area contributed by atoms with Crippen molar-refractivity contribution >= 4 is 38.6 Å². The molecule has 2 N–H and O–H groups in total. The van der Waals surface area contributed by atoms with Crippen LogP contribution in [0.5, 0.6) is 0 Å². The van der Waals surface area contributed by atoms with Crippen LogP contribution in [0.2, 0.25) is 4.34 Å². The number of halogens is 2. The maximum Gasteiger partial charge on any atom is 0.271 e. The first-order chi connectivity index (χ1) is 10.5. The van der Waals surface area contributed by atoms with Gasteiger partial charge in [0.25, 0.3) is 10.0 Å². The normalized spacial score (nSPS) is 11.5. The number of nitrogens with one attached hydrogen (secondary N) is 2. The maximum absolute atomic E-state index is 13.9. The number of sulfonamides is 1. The molecule has 0 fully saturated rings. The lowest BCUT2D eigenvalue weighted by molar-refractivity contribution is 0.600. The molecule has 0 bridgehead atoms. The fourth-order valence-electron chi connectivity index (χ4n) is 1.73. The molecule has 0 aliphatic rings. The molecular formula is C12H8ClFN4O2S2. The third-order valence-electron chi connectivity index (χ3n) is 2.71. The van der Waals surface area contributed by atoms with Crippen LogP contribution in [0.4, 0.5) is 10.1 Å². The SMILES string of the molecule is O=S(=O)(Nc1cc(-c2ncn[nH]2)ccc1F)c1ccc(Cl)s1. The number of nitrogens with zero attached hydrogens (tertiary/aromatic N) is 2. The molecule has 2 heterocycles. The van der Waals surface area contributed by atoms with Crippen LogP contribution in [0.1, 0.15) is 0 Å². The van der Waals surface area contributed by atoms with Crippen LogP contribution in [0.3, 0.4) is 0 Å². The van der Waals surface area contributed by atoms with Crippen molar-refractivity contribution < 1.29 is 12.8 Å². The molecule has 10 heteroatoms. The van der Waals surface area contributed by atoms with Gasteiger partial charge in [0.15, 0.2) is 5.82 Å². The molecule has 3 aromatic rings. The van der Waals surface area contributed by atoms with Gasteiger partial charge in [0, 0.05) is 5.56 Å². The predicted octanol–water partition coefficient (Wildman–Crippen LogP) is 3.13. The Balaban J connectivity index is 1.97. The zero-order chi connectivity index (χ0) is 15.7. The Morgan fingerprint density at radius 3 is 2.73 bits per heavy atom. The number of hydrogen-bond acceptors (Lipinski definition) is 5. The highest BCUT2D eigenvalue weighted by Crippen LogP contribution is 2.29. The van der Waals surface area contributed by atoms with Gasteiger partial charge < -0.3 is 0 Å². The van der Waals surface area contributed by atoms with E-state index >= 15 is 0 Å². The highest BCUT2D eigenvalue weighted by molar-refractivity contribution is 7.94. The number of thiophene rings is 1. The Bertz CT molecular complexity index is 909. The van der Waals surface area contributed by atoms with E-state index in [1.165, 1.54) is 30.6 Å². The minimum atomic E-state index is -3.90. The first-order valence-electron chi connectivity index (χ1n) is 5.89. The van der Waals surface area contributed by atoms with Gasteiger partial charge >= 0.3 is 0 Å². The summed E-state index contributed by atoms with van der Waals surface area (Å²) in [5.41, 5.74) is 0.319. The molecule has 2 aromatic heterocycles. The second-order valence-electron chi connectivity index (χ2n) is 4.19. The van der Waals surface area contributed by atoms with E-state index in [-0.39, 0.29) is 9.90 Å². The van der Waals surface area contributed by atoms with Gasteiger partial charge in [0.1, 0.15) is 16.4 Å². The summed E-state index contributed by atoms with van der Waals surface area (Å²) in [6, 6.07) is 6.77. The Kier molecular flexibility index (Phi) is 3.85. The van der Waals surface area contributed by atoms with Crippen molar-refractivity contribution in [2.45, 2.75) is 4.21 Å². The van der Waals surface area contributed by atoms with Gasteiger partial charge in [-0.1, -0.05) is 11.6 Å². The molecule has 0 unspecified atom stereocenters. The van der Waals surface area contributed by atoms with Crippen molar-refractivity contribution in [2.24, 2.45) is 0 Å². The fraction of sp³-hybridized carbons (Fsp3) is 0. The zero-order valence-electron chi connectivity index (χ0n) is 10.7. The zero-order valence-corrected chi connectivity index (χ0v) is 13.1. The second kappa shape index (κ2) is 5.67. The van der Waals surface area contributed by atoms with Crippen LogP contribution in [0.15, 0.2) is 40.9 Å². The molecule has 6 nitrogen and oxygen atoms in total. The Morgan fingerprint density at radius 1 is 1.27 bits per heavy atom. The van der Waals surface area contributed by atoms with Gasteiger partial charge in [0.2, 0.25) is 0 Å². The predicted molar refractivity (Wildman–Crippen MR) is 81.9 cm³/mol. The highest BCUT2D eigenvalue weighted by atomic mass is 35.5. The minimum Gasteiger partial charge on any atom is -0.276 e. The van der Waals surface area contributed by atoms with Gasteiger partial charge in [0.05, 0.1) is 10.0 Å². The molecule has 0 spiro atoms. The minimum absolute atomic E-state index is 0.00182. The Labute approximate surface area is 134 Å². The average Bonchev–Trinajstić information content (AvgIpc) is 3.12. The van der Waals surface area contributed by atoms with E-state index in [0.29, 0.717) is 15.7 Å². The van der Waals surface area contributed by atoms with E-state index in [9.17, 15) is 12.8 Å². The Morgan fingerprint density at radius 2 is 2.09 bits per heavy atom. The fourth-order valence-corrected chi connectivity index (χ4v) is 4.27. The number of benzene rings is 1. The van der Waals surface area contributed by atoms with E-state index in [4.69, 9.17) is 11.6 Å². The molecule has 0 aliphatic carbocycles. The molecule has 0 aliphatic heterocycles. The van der Waals surface area contributed by atoms with Crippen molar-refractivity contribution in [3.8, 4) is 11.4 Å². The molecule has 22 heavy (non-hydrogen) atoms. The number of H-pyrrole nitrogens is 1. The smallest absolute Gasteiger partial charge is 0.271 e. The van der Waals surface area contributed by atoms with Gasteiger partial charge in [-0.2, -0.15) is 5.10 Å². The summed E-state index contributed by atoms with van der Waals surface area (Å²) in [6.07, 6.45) is 1.30. The summed E-state index contributed by atoms with van der Waals surface area (Å²) < 4.78 is 40.8. The van der Waals surface area contributed by atoms with Crippen LogP contribution < -0.4 is 4.72 Å². The second-order valence-corrected chi connectivity index (χ2v) is 7.82. The van der Waals surface area contributed by atoms with Gasteiger partial charge in [-0.15, -0.1) is 11.3 Å². The summed E-state index contributed by atoms with van der Waals surface area (Å²) in [4.78, 5) is 3.93. The molecule has 3 rings (SSSR count). The first-order valence-corrected chi connectivity index (χ1v) is 8.57. The van der Waals surface area contributed by atoms with Crippen molar-refractivity contribution in [2.75, 3.05) is 4.72 Å². The maximum atomic E-state index is 13.9. The molecule has 0 saturated carbocycles. The monoisotopic (exact) mass is 358 g/mol. The number of aromatic nitrogens is 3. The van der Waals surface area contributed by atoms with E-state index in [1.807, 2.05) is 0 Å². The Hall–Kier alpha value is -1.97. The van der Waals surface area contributed by atoms with Crippen LogP contribution in [0.25, 0.3) is 11.4 Å². The molecule has 1 aromatic carbocycles. The summed E-state index contributed by atoms with van der Waals surface area (Å²) in [7, 11) is -3.90. The molecule has 0 atom stereocenters. The standard InChI is InChI=1S/C12H8ClFN4O2S2/c13-10-3-4-11(21-10)22(19,20)18-9-5-7(1-2-8(9)14)12-15-6-16-17-12/h1-6,18H,(H,15,16,17). The lowest BCUT2D eigenvalue weighted by Crippen LogP contribution is -2.12. The lowest BCUT2D eigenvalue weighted by Gasteiger charge is -2.08. The summed E-state index contributed by atoms with van der Waals surface area (Å²) in [6.45, 7) is 0. The third-order valence-corrected chi connectivity index (χ3v) is 5.80. The molecule has 0 amide bonds. The molecule has 114 valence electrons. The number of rotatable bonds is 4. The molecular weight excluding hydrogens is 351 g/mol. The van der Waals surface area contributed by atoms with Crippen molar-refractivity contribution in [1.82, 2.24) is 15.2 Å². The van der Waals surface area contributed by atoms with E-state index in [1.54, 1.807) is 0 Å². The highest BCUT2D eigenvalue weighted by Gasteiger charge is 2.19. The van der Waals surface area contributed by atoms with Gasteiger partial charge in [-0.05, 0) is 30.3 Å². The van der Waals surface area contributed by atoms with Crippen LogP contribution in [-0.2, 0) is 10.0 Å². The average molecular weight is 359 g/mol. The van der Waals surface area contributed by atoms with Gasteiger partial charge in [-0.3, -0.25) is 9.82 Å². The number of hydrogen-bond donors (Lipinski definition) is 2. The van der Waals surface area contributed by atoms with E-state index in [2.05, 4.69) is 19.9 Å². The topological polar surface area (TPSA) is 87.7 Å². The largest absolute Gasteiger partial charge is 0.276 e. The van der Waals surface area contributed by atoms with Crippen molar-refractivity contribution in [3.63, 3.8) is 0 Å². The quantitative estimate of drug-likeness (QED) is 0.750. The van der Waals surface area contributed by atoms with Gasteiger partial charge in [-0.25, -0.2) is 17.8 Å². The van der Waals surface area contributed by atoms with Crippen molar-refractivity contribution in [3.05, 3.63) is 46.8 Å². The number of anilines is 1. The van der Waals surface area contributed by atoms with E-state index < -0.39 is 15.8 Å². The van der Waals surface area contributed by atoms with Crippen LogP contribution in [0, 0.1) is 5.82 Å². The van der Waals surface area contributed by atoms with Crippen LogP contribution in [-0.4, -0.2) is 23.6 Å².